The van der Waals surface area contributed by atoms with Crippen LogP contribution in [0.3, 0.4) is 0 Å². The van der Waals surface area contributed by atoms with E-state index in [9.17, 15) is 14.4 Å². The molecular formula is C70H114O6. The van der Waals surface area contributed by atoms with Crippen LogP contribution in [0.25, 0.3) is 0 Å². The number of carbonyl (C=O) groups excluding carboxylic acids is 3. The van der Waals surface area contributed by atoms with E-state index in [-0.39, 0.29) is 37.5 Å². The molecule has 0 spiro atoms. The highest BCUT2D eigenvalue weighted by Crippen LogP contribution is 2.15. The fourth-order valence-electron chi connectivity index (χ4n) is 8.25. The molecule has 0 saturated heterocycles. The summed E-state index contributed by atoms with van der Waals surface area (Å²) in [5.74, 6) is -0.943. The summed E-state index contributed by atoms with van der Waals surface area (Å²) < 4.78 is 16.9. The highest BCUT2D eigenvalue weighted by atomic mass is 16.6. The molecule has 0 aromatic carbocycles. The molecule has 0 amide bonds. The van der Waals surface area contributed by atoms with E-state index >= 15 is 0 Å². The van der Waals surface area contributed by atoms with Crippen molar-refractivity contribution >= 4 is 17.9 Å². The highest BCUT2D eigenvalue weighted by Gasteiger charge is 2.19. The molecule has 0 N–H and O–H groups in total. The van der Waals surface area contributed by atoms with Gasteiger partial charge in [0.25, 0.3) is 0 Å². The molecule has 0 saturated carbocycles. The van der Waals surface area contributed by atoms with Gasteiger partial charge in [-0.1, -0.05) is 251 Å². The Kier molecular flexibility index (Phi) is 59.4. The third-order valence-electron chi connectivity index (χ3n) is 12.9. The first-order chi connectivity index (χ1) is 37.5. The fraction of sp³-hybridized carbons (Fsp3) is 0.643. The molecule has 0 aliphatic heterocycles. The van der Waals surface area contributed by atoms with Crippen LogP contribution >= 0.6 is 0 Å². The molecule has 1 atom stereocenters. The first-order valence-electron chi connectivity index (χ1n) is 31.2. The quantitative estimate of drug-likeness (QED) is 0.0261. The number of carbonyl (C=O) groups is 3. The lowest BCUT2D eigenvalue weighted by atomic mass is 10.0. The maximum Gasteiger partial charge on any atom is 0.306 e. The van der Waals surface area contributed by atoms with Crippen molar-refractivity contribution in [3.63, 3.8) is 0 Å². The number of hydrogen-bond donors (Lipinski definition) is 0. The summed E-state index contributed by atoms with van der Waals surface area (Å²) in [6, 6.07) is 0. The molecule has 0 radical (unpaired) electrons. The van der Waals surface area contributed by atoms with Gasteiger partial charge < -0.3 is 14.2 Å². The van der Waals surface area contributed by atoms with Crippen LogP contribution < -0.4 is 0 Å². The average molecular weight is 1050 g/mol. The second kappa shape index (κ2) is 63.1. The van der Waals surface area contributed by atoms with Crippen LogP contribution in [0.5, 0.6) is 0 Å². The third kappa shape index (κ3) is 60.4. The molecule has 76 heavy (non-hydrogen) atoms. The normalized spacial score (nSPS) is 13.0. The average Bonchev–Trinajstić information content (AvgIpc) is 3.42. The Morgan fingerprint density at radius 1 is 0.276 bits per heavy atom. The fourth-order valence-corrected chi connectivity index (χ4v) is 8.25. The van der Waals surface area contributed by atoms with E-state index in [1.807, 2.05) is 0 Å². The Hall–Kier alpha value is -4.45. The van der Waals surface area contributed by atoms with Crippen LogP contribution in [0.15, 0.2) is 134 Å². The van der Waals surface area contributed by atoms with E-state index in [1.165, 1.54) is 89.9 Å². The molecule has 6 heteroatoms. The van der Waals surface area contributed by atoms with E-state index in [1.54, 1.807) is 0 Å². The number of hydrogen-bond acceptors (Lipinski definition) is 6. The van der Waals surface area contributed by atoms with E-state index < -0.39 is 6.10 Å². The summed E-state index contributed by atoms with van der Waals surface area (Å²) in [5, 5.41) is 0. The molecule has 0 aliphatic rings. The summed E-state index contributed by atoms with van der Waals surface area (Å²) in [4.78, 5) is 38.2. The Morgan fingerprint density at radius 3 is 0.829 bits per heavy atom. The van der Waals surface area contributed by atoms with Gasteiger partial charge in [0.05, 0.1) is 0 Å². The minimum Gasteiger partial charge on any atom is -0.462 e. The zero-order chi connectivity index (χ0) is 55.0. The van der Waals surface area contributed by atoms with Crippen molar-refractivity contribution in [1.82, 2.24) is 0 Å². The molecule has 0 rings (SSSR count). The highest BCUT2D eigenvalue weighted by molar-refractivity contribution is 5.71. The molecule has 0 aromatic rings. The van der Waals surface area contributed by atoms with Crippen LogP contribution in [0.4, 0.5) is 0 Å². The standard InChI is InChI=1S/C70H114O6/c1-4-7-10-13-16-19-22-25-27-29-31-32-33-34-35-36-37-38-40-41-43-45-48-51-54-57-60-63-69(72)75-66-67(65-74-68(71)62-59-56-53-50-47-24-21-18-15-12-9-6-3)76-70(73)64-61-58-55-52-49-46-44-42-39-30-28-26-23-20-17-14-11-8-5-2/h7-8,10-11,16-21,25-28,31-32,34-35,39,42,46,49,67H,4-6,9,12-15,22-24,29-30,33,36-38,40-41,43-45,47-48,50-66H2,1-3H3/b10-7-,11-8-,19-16-,20-17-,21-18-,27-25-,28-26-,32-31-,35-34-,42-39-,49-46-. The lowest BCUT2D eigenvalue weighted by molar-refractivity contribution is -0.167. The summed E-state index contributed by atoms with van der Waals surface area (Å²) >= 11 is 0. The minimum atomic E-state index is -0.805. The summed E-state index contributed by atoms with van der Waals surface area (Å²) in [7, 11) is 0. The molecule has 0 aliphatic carbocycles. The topological polar surface area (TPSA) is 78.9 Å². The summed E-state index contributed by atoms with van der Waals surface area (Å²) in [5.41, 5.74) is 0. The lowest BCUT2D eigenvalue weighted by Crippen LogP contribution is -2.30. The van der Waals surface area contributed by atoms with Gasteiger partial charge in [-0.05, 0) is 135 Å². The van der Waals surface area contributed by atoms with Crippen LogP contribution in [-0.4, -0.2) is 37.2 Å². The van der Waals surface area contributed by atoms with Gasteiger partial charge in [-0.2, -0.15) is 0 Å². The first-order valence-corrected chi connectivity index (χ1v) is 31.2. The Labute approximate surface area is 468 Å². The van der Waals surface area contributed by atoms with Crippen LogP contribution in [0.1, 0.15) is 271 Å². The second-order valence-corrected chi connectivity index (χ2v) is 20.2. The number of esters is 3. The predicted molar refractivity (Wildman–Crippen MR) is 329 cm³/mol. The largest absolute Gasteiger partial charge is 0.462 e. The molecule has 430 valence electrons. The molecule has 0 fully saturated rings. The summed E-state index contributed by atoms with van der Waals surface area (Å²) in [6.45, 7) is 6.35. The molecule has 0 bridgehead atoms. The monoisotopic (exact) mass is 1050 g/mol. The molecule has 0 aromatic heterocycles. The maximum atomic E-state index is 12.9. The van der Waals surface area contributed by atoms with Crippen molar-refractivity contribution in [3.8, 4) is 0 Å². The lowest BCUT2D eigenvalue weighted by Gasteiger charge is -2.18. The van der Waals surface area contributed by atoms with Gasteiger partial charge in [0.2, 0.25) is 0 Å². The van der Waals surface area contributed by atoms with Crippen molar-refractivity contribution < 1.29 is 28.6 Å². The number of unbranched alkanes of at least 4 members (excludes halogenated alkanes) is 22. The molecule has 1 unspecified atom stereocenters. The van der Waals surface area contributed by atoms with Gasteiger partial charge in [0.1, 0.15) is 13.2 Å². The van der Waals surface area contributed by atoms with Gasteiger partial charge in [0.15, 0.2) is 6.10 Å². The van der Waals surface area contributed by atoms with Gasteiger partial charge in [-0.3, -0.25) is 14.4 Å². The zero-order valence-electron chi connectivity index (χ0n) is 49.2. The van der Waals surface area contributed by atoms with Gasteiger partial charge >= 0.3 is 17.9 Å². The number of allylic oxidation sites excluding steroid dienone is 22. The van der Waals surface area contributed by atoms with E-state index in [2.05, 4.69) is 154 Å². The van der Waals surface area contributed by atoms with Crippen LogP contribution in [-0.2, 0) is 28.6 Å². The van der Waals surface area contributed by atoms with Gasteiger partial charge in [-0.15, -0.1) is 0 Å². The third-order valence-corrected chi connectivity index (χ3v) is 12.9. The van der Waals surface area contributed by atoms with Crippen molar-refractivity contribution in [3.05, 3.63) is 134 Å². The zero-order valence-corrected chi connectivity index (χ0v) is 49.2. The van der Waals surface area contributed by atoms with Crippen LogP contribution in [0, 0.1) is 0 Å². The van der Waals surface area contributed by atoms with E-state index in [0.29, 0.717) is 12.8 Å². The van der Waals surface area contributed by atoms with Crippen LogP contribution in [0.2, 0.25) is 0 Å². The van der Waals surface area contributed by atoms with Crippen molar-refractivity contribution in [1.29, 1.82) is 0 Å². The van der Waals surface area contributed by atoms with E-state index in [0.717, 1.165) is 141 Å². The Bertz CT molecular complexity index is 1630. The number of ether oxygens (including phenoxy) is 3. The molecule has 6 nitrogen and oxygen atoms in total. The first kappa shape index (κ1) is 71.5. The van der Waals surface area contributed by atoms with Crippen molar-refractivity contribution in [2.24, 2.45) is 0 Å². The Morgan fingerprint density at radius 2 is 0.513 bits per heavy atom. The Balaban J connectivity index is 4.36. The van der Waals surface area contributed by atoms with E-state index in [4.69, 9.17) is 14.2 Å². The maximum absolute atomic E-state index is 12.9. The van der Waals surface area contributed by atoms with Crippen molar-refractivity contribution in [2.45, 2.75) is 277 Å². The smallest absolute Gasteiger partial charge is 0.306 e. The SMILES string of the molecule is CC/C=C\C/C=C\C/C=C\C/C=C\C/C=C\CCCCCCCCCCCCCC(=O)OCC(COC(=O)CCCCCCC/C=C\CCCCC)OC(=O)CCCCC/C=C\C/C=C\C/C=C\C/C=C\C/C=C\CC. The van der Waals surface area contributed by atoms with Crippen molar-refractivity contribution in [2.75, 3.05) is 13.2 Å². The minimum absolute atomic E-state index is 0.0989. The number of rotatable bonds is 55. The molecule has 0 heterocycles. The summed E-state index contributed by atoms with van der Waals surface area (Å²) in [6.07, 6.45) is 88.8. The second-order valence-electron chi connectivity index (χ2n) is 20.2. The predicted octanol–water partition coefficient (Wildman–Crippen LogP) is 21.4. The molecular weight excluding hydrogens is 937 g/mol. The van der Waals surface area contributed by atoms with Gasteiger partial charge in [0, 0.05) is 19.3 Å². The van der Waals surface area contributed by atoms with Gasteiger partial charge in [-0.25, -0.2) is 0 Å².